The summed E-state index contributed by atoms with van der Waals surface area (Å²) >= 11 is 1.40. The van der Waals surface area contributed by atoms with Crippen LogP contribution < -0.4 is 4.74 Å². The van der Waals surface area contributed by atoms with E-state index < -0.39 is 0 Å². The summed E-state index contributed by atoms with van der Waals surface area (Å²) in [6, 6.07) is 20.3. The van der Waals surface area contributed by atoms with Crippen LogP contribution in [0.2, 0.25) is 0 Å². The average Bonchev–Trinajstić information content (AvgIpc) is 3.25. The van der Waals surface area contributed by atoms with Crippen molar-refractivity contribution in [2.75, 3.05) is 6.61 Å². The number of ether oxygens (including phenoxy) is 1. The van der Waals surface area contributed by atoms with Crippen LogP contribution in [-0.4, -0.2) is 17.4 Å². The topological polar surface area (TPSA) is 88.6 Å². The fraction of sp³-hybridized carbons (Fsp3) is 0.200. The first-order chi connectivity index (χ1) is 16.1. The Morgan fingerprint density at radius 1 is 0.879 bits per heavy atom. The van der Waals surface area contributed by atoms with E-state index in [1.807, 2.05) is 60.7 Å². The quantitative estimate of drug-likeness (QED) is 0.143. The number of ketones is 1. The molecule has 1 heterocycles. The summed E-state index contributed by atoms with van der Waals surface area (Å²) in [7, 11) is 0. The zero-order valence-corrected chi connectivity index (χ0v) is 19.2. The van der Waals surface area contributed by atoms with Crippen LogP contribution in [0.25, 0.3) is 10.2 Å². The minimum atomic E-state index is 0.0270. The van der Waals surface area contributed by atoms with Crippen molar-refractivity contribution in [2.45, 2.75) is 26.7 Å². The van der Waals surface area contributed by atoms with E-state index in [0.717, 1.165) is 41.1 Å². The lowest BCUT2D eigenvalue weighted by Gasteiger charge is -2.04. The maximum atomic E-state index is 11.5. The number of aromatic nitrogens is 1. The van der Waals surface area contributed by atoms with E-state index >= 15 is 0 Å². The van der Waals surface area contributed by atoms with Gasteiger partial charge in [-0.05, 0) is 80.1 Å². The third kappa shape index (κ3) is 6.14. The van der Waals surface area contributed by atoms with Gasteiger partial charge in [-0.15, -0.1) is 10.2 Å². The number of benzene rings is 3. The molecule has 0 fully saturated rings. The molecule has 0 unspecified atom stereocenters. The first-order valence-corrected chi connectivity index (χ1v) is 11.5. The van der Waals surface area contributed by atoms with E-state index in [1.165, 1.54) is 11.3 Å². The van der Waals surface area contributed by atoms with Gasteiger partial charge in [-0.1, -0.05) is 24.7 Å². The third-order valence-corrected chi connectivity index (χ3v) is 5.67. The molecule has 0 amide bonds. The Bertz CT molecular complexity index is 1290. The van der Waals surface area contributed by atoms with Crippen molar-refractivity contribution in [3.63, 3.8) is 0 Å². The van der Waals surface area contributed by atoms with Gasteiger partial charge in [0.05, 0.1) is 33.9 Å². The summed E-state index contributed by atoms with van der Waals surface area (Å²) in [5, 5.41) is 17.5. The summed E-state index contributed by atoms with van der Waals surface area (Å²) in [6.07, 6.45) is 2.15. The van der Waals surface area contributed by atoms with Crippen LogP contribution in [0.5, 0.6) is 5.75 Å². The van der Waals surface area contributed by atoms with Gasteiger partial charge < -0.3 is 4.74 Å². The van der Waals surface area contributed by atoms with Crippen molar-refractivity contribution < 1.29 is 9.53 Å². The molecule has 0 aliphatic rings. The second kappa shape index (κ2) is 10.7. The van der Waals surface area contributed by atoms with Gasteiger partial charge in [0, 0.05) is 5.56 Å². The number of rotatable bonds is 9. The van der Waals surface area contributed by atoms with Crippen LogP contribution in [-0.2, 0) is 0 Å². The van der Waals surface area contributed by atoms with Crippen LogP contribution in [0.15, 0.2) is 87.2 Å². The molecule has 8 heteroatoms. The Hall–Kier alpha value is -3.78. The molecule has 0 radical (unpaired) electrons. The van der Waals surface area contributed by atoms with Crippen LogP contribution in [0, 0.1) is 0 Å². The van der Waals surface area contributed by atoms with Crippen molar-refractivity contribution in [3.8, 4) is 5.75 Å². The van der Waals surface area contributed by atoms with Crippen molar-refractivity contribution in [2.24, 2.45) is 20.5 Å². The maximum Gasteiger partial charge on any atom is 0.231 e. The molecule has 166 valence electrons. The Morgan fingerprint density at radius 2 is 1.48 bits per heavy atom. The number of hydrogen-bond acceptors (Lipinski definition) is 8. The molecule has 0 atom stereocenters. The second-order valence-electron chi connectivity index (χ2n) is 7.35. The average molecular weight is 458 g/mol. The van der Waals surface area contributed by atoms with Gasteiger partial charge in [0.2, 0.25) is 5.13 Å². The highest BCUT2D eigenvalue weighted by Gasteiger charge is 2.06. The minimum Gasteiger partial charge on any atom is -0.494 e. The summed E-state index contributed by atoms with van der Waals surface area (Å²) in [4.78, 5) is 16.0. The van der Waals surface area contributed by atoms with Gasteiger partial charge in [0.15, 0.2) is 5.78 Å². The highest BCUT2D eigenvalue weighted by Crippen LogP contribution is 2.30. The minimum absolute atomic E-state index is 0.0270. The van der Waals surface area contributed by atoms with Crippen LogP contribution in [0.3, 0.4) is 0 Å². The molecule has 1 aromatic heterocycles. The van der Waals surface area contributed by atoms with Gasteiger partial charge in [0.25, 0.3) is 0 Å². The predicted molar refractivity (Wildman–Crippen MR) is 131 cm³/mol. The molecule has 7 nitrogen and oxygen atoms in total. The number of carbonyl (C=O) groups excluding carboxylic acids is 1. The molecule has 3 aromatic carbocycles. The molecule has 0 bridgehead atoms. The first-order valence-electron chi connectivity index (χ1n) is 10.7. The Kier molecular flexibility index (Phi) is 7.26. The summed E-state index contributed by atoms with van der Waals surface area (Å²) in [5.41, 5.74) is 3.62. The number of unbranched alkanes of at least 4 members (excludes halogenated alkanes) is 1. The summed E-state index contributed by atoms with van der Waals surface area (Å²) < 4.78 is 6.57. The van der Waals surface area contributed by atoms with Crippen LogP contribution in [0.4, 0.5) is 22.2 Å². The van der Waals surface area contributed by atoms with Crippen molar-refractivity contribution >= 4 is 49.5 Å². The van der Waals surface area contributed by atoms with E-state index in [1.54, 1.807) is 13.0 Å². The number of nitrogens with zero attached hydrogens (tertiary/aromatic N) is 5. The number of fused-ring (bicyclic) bond motifs is 1. The van der Waals surface area contributed by atoms with E-state index in [4.69, 9.17) is 4.74 Å². The zero-order valence-electron chi connectivity index (χ0n) is 18.4. The summed E-state index contributed by atoms with van der Waals surface area (Å²) in [5.74, 6) is 0.865. The molecule has 0 aliphatic carbocycles. The number of azo groups is 2. The fourth-order valence-electron chi connectivity index (χ4n) is 2.92. The summed E-state index contributed by atoms with van der Waals surface area (Å²) in [6.45, 7) is 4.41. The number of Topliss-reactive ketones (excluding diaryl/α,β-unsaturated/α-hetero) is 1. The molecule has 4 aromatic rings. The number of carbonyl (C=O) groups is 1. The molecule has 33 heavy (non-hydrogen) atoms. The Morgan fingerprint density at radius 3 is 2.09 bits per heavy atom. The molecule has 0 saturated carbocycles. The molecule has 4 rings (SSSR count). The lowest BCUT2D eigenvalue weighted by Crippen LogP contribution is -1.95. The van der Waals surface area contributed by atoms with Crippen molar-refractivity contribution in [1.29, 1.82) is 0 Å². The normalized spacial score (nSPS) is 11.6. The molecular formula is C25H23N5O2S. The zero-order chi connectivity index (χ0) is 23.0. The lowest BCUT2D eigenvalue weighted by atomic mass is 10.1. The lowest BCUT2D eigenvalue weighted by molar-refractivity contribution is 0.101. The third-order valence-electron chi connectivity index (χ3n) is 4.77. The van der Waals surface area contributed by atoms with Crippen LogP contribution >= 0.6 is 11.3 Å². The van der Waals surface area contributed by atoms with Crippen molar-refractivity contribution in [1.82, 2.24) is 4.98 Å². The van der Waals surface area contributed by atoms with Gasteiger partial charge in [0.1, 0.15) is 5.75 Å². The number of thiazole rings is 1. The van der Waals surface area contributed by atoms with Gasteiger partial charge >= 0.3 is 0 Å². The Labute approximate surface area is 195 Å². The number of hydrogen-bond donors (Lipinski definition) is 0. The van der Waals surface area contributed by atoms with Crippen molar-refractivity contribution in [3.05, 3.63) is 72.3 Å². The van der Waals surface area contributed by atoms with E-state index in [0.29, 0.717) is 22.1 Å². The smallest absolute Gasteiger partial charge is 0.231 e. The van der Waals surface area contributed by atoms with E-state index in [9.17, 15) is 4.79 Å². The molecule has 0 aliphatic heterocycles. The van der Waals surface area contributed by atoms with E-state index in [-0.39, 0.29) is 5.78 Å². The monoisotopic (exact) mass is 457 g/mol. The second-order valence-corrected chi connectivity index (χ2v) is 8.36. The molecule has 0 saturated heterocycles. The first kappa shape index (κ1) is 22.4. The molecule has 0 spiro atoms. The SMILES string of the molecule is CCCCOc1ccc(N=Nc2ccc(N=Nc3nc4ccc(C(C)=O)cc4s3)cc2)cc1. The molecular weight excluding hydrogens is 434 g/mol. The van der Waals surface area contributed by atoms with Gasteiger partial charge in [-0.2, -0.15) is 10.2 Å². The van der Waals surface area contributed by atoms with Gasteiger partial charge in [-0.25, -0.2) is 4.98 Å². The highest BCUT2D eigenvalue weighted by molar-refractivity contribution is 7.21. The molecule has 0 N–H and O–H groups in total. The van der Waals surface area contributed by atoms with E-state index in [2.05, 4.69) is 32.4 Å². The maximum absolute atomic E-state index is 11.5. The largest absolute Gasteiger partial charge is 0.494 e. The Balaban J connectivity index is 1.37. The standard InChI is InChI=1S/C25H23N5O2S/c1-3-4-15-32-22-12-10-21(11-13-22)28-27-19-6-8-20(9-7-19)29-30-25-26-23-14-5-18(17(2)31)16-24(23)33-25/h5-14,16H,3-4,15H2,1-2H3. The van der Waals surface area contributed by atoms with Gasteiger partial charge in [-0.3, -0.25) is 4.79 Å². The highest BCUT2D eigenvalue weighted by atomic mass is 32.1. The predicted octanol–water partition coefficient (Wildman–Crippen LogP) is 8.51. The van der Waals surface area contributed by atoms with Crippen LogP contribution in [0.1, 0.15) is 37.0 Å². The fourth-order valence-corrected chi connectivity index (χ4v) is 3.75.